The van der Waals surface area contributed by atoms with Crippen molar-refractivity contribution in [3.63, 3.8) is 0 Å². The Labute approximate surface area is 158 Å². The SMILES string of the molecule is Cc1ccc(N2C(c3ccccc3)=CC(C3CCCCC3)=NS2=O)cc1. The molecule has 0 amide bonds. The molecule has 1 unspecified atom stereocenters. The van der Waals surface area contributed by atoms with Crippen LogP contribution in [0.4, 0.5) is 5.69 Å². The van der Waals surface area contributed by atoms with E-state index in [-0.39, 0.29) is 0 Å². The van der Waals surface area contributed by atoms with Crippen LogP contribution in [0.15, 0.2) is 65.1 Å². The molecule has 0 saturated heterocycles. The van der Waals surface area contributed by atoms with Gasteiger partial charge in [-0.25, -0.2) is 8.51 Å². The number of hydrogen-bond donors (Lipinski definition) is 0. The van der Waals surface area contributed by atoms with E-state index >= 15 is 0 Å². The Balaban J connectivity index is 1.77. The van der Waals surface area contributed by atoms with Crippen LogP contribution in [0, 0.1) is 12.8 Å². The Morgan fingerprint density at radius 2 is 1.65 bits per heavy atom. The van der Waals surface area contributed by atoms with E-state index in [0.29, 0.717) is 5.92 Å². The highest BCUT2D eigenvalue weighted by Gasteiger charge is 2.28. The number of nitrogens with zero attached hydrogens (tertiary/aromatic N) is 2. The van der Waals surface area contributed by atoms with Gasteiger partial charge in [-0.05, 0) is 43.5 Å². The van der Waals surface area contributed by atoms with Gasteiger partial charge in [-0.3, -0.25) is 0 Å². The van der Waals surface area contributed by atoms with Gasteiger partial charge in [0.05, 0.1) is 17.1 Å². The molecular formula is C22H24N2OS. The Hall–Kier alpha value is -2.20. The van der Waals surface area contributed by atoms with Crippen molar-refractivity contribution >= 4 is 28.3 Å². The first-order valence-electron chi connectivity index (χ1n) is 9.37. The van der Waals surface area contributed by atoms with Crippen LogP contribution in [-0.4, -0.2) is 9.92 Å². The number of allylic oxidation sites excluding steroid dienone is 1. The summed E-state index contributed by atoms with van der Waals surface area (Å²) in [6.45, 7) is 2.06. The summed E-state index contributed by atoms with van der Waals surface area (Å²) < 4.78 is 19.6. The first-order valence-corrected chi connectivity index (χ1v) is 10.4. The molecule has 0 N–H and O–H groups in total. The van der Waals surface area contributed by atoms with E-state index in [0.717, 1.165) is 35.5 Å². The molecule has 1 aliphatic carbocycles. The summed E-state index contributed by atoms with van der Waals surface area (Å²) in [5.74, 6) is 0.437. The van der Waals surface area contributed by atoms with Crippen molar-refractivity contribution in [2.24, 2.45) is 10.3 Å². The maximum Gasteiger partial charge on any atom is 0.250 e. The highest BCUT2D eigenvalue weighted by Crippen LogP contribution is 2.34. The molecule has 1 atom stereocenters. The van der Waals surface area contributed by atoms with Crippen molar-refractivity contribution in [2.75, 3.05) is 4.31 Å². The van der Waals surface area contributed by atoms with E-state index in [2.05, 4.69) is 41.7 Å². The summed E-state index contributed by atoms with van der Waals surface area (Å²) >= 11 is -1.44. The molecule has 1 fully saturated rings. The molecule has 0 aromatic heterocycles. The molecule has 4 heteroatoms. The molecule has 1 aliphatic heterocycles. The Morgan fingerprint density at radius 3 is 2.35 bits per heavy atom. The van der Waals surface area contributed by atoms with Gasteiger partial charge in [0.15, 0.2) is 0 Å². The fraction of sp³-hybridized carbons (Fsp3) is 0.318. The van der Waals surface area contributed by atoms with Gasteiger partial charge < -0.3 is 0 Å². The van der Waals surface area contributed by atoms with Gasteiger partial charge >= 0.3 is 0 Å². The molecule has 1 heterocycles. The van der Waals surface area contributed by atoms with E-state index in [9.17, 15) is 4.21 Å². The monoisotopic (exact) mass is 364 g/mol. The minimum atomic E-state index is -1.44. The van der Waals surface area contributed by atoms with E-state index in [4.69, 9.17) is 0 Å². The van der Waals surface area contributed by atoms with Crippen molar-refractivity contribution in [1.82, 2.24) is 0 Å². The van der Waals surface area contributed by atoms with Crippen LogP contribution in [0.2, 0.25) is 0 Å². The van der Waals surface area contributed by atoms with Crippen molar-refractivity contribution in [1.29, 1.82) is 0 Å². The third kappa shape index (κ3) is 3.51. The predicted octanol–water partition coefficient (Wildman–Crippen LogP) is 5.46. The molecule has 134 valence electrons. The second-order valence-corrected chi connectivity index (χ2v) is 8.12. The topological polar surface area (TPSA) is 32.7 Å². The molecular weight excluding hydrogens is 340 g/mol. The molecule has 26 heavy (non-hydrogen) atoms. The average molecular weight is 365 g/mol. The van der Waals surface area contributed by atoms with E-state index in [1.54, 1.807) is 0 Å². The number of anilines is 1. The smallest absolute Gasteiger partial charge is 0.240 e. The molecule has 2 aromatic carbocycles. The average Bonchev–Trinajstić information content (AvgIpc) is 2.70. The fourth-order valence-corrected chi connectivity index (χ4v) is 4.84. The van der Waals surface area contributed by atoms with Gasteiger partial charge in [0.2, 0.25) is 0 Å². The quantitative estimate of drug-likeness (QED) is 0.712. The van der Waals surface area contributed by atoms with Crippen LogP contribution in [-0.2, 0) is 11.2 Å². The molecule has 2 aliphatic rings. The van der Waals surface area contributed by atoms with Crippen LogP contribution in [0.3, 0.4) is 0 Å². The Morgan fingerprint density at radius 1 is 0.962 bits per heavy atom. The van der Waals surface area contributed by atoms with Crippen molar-refractivity contribution in [3.05, 3.63) is 71.8 Å². The second kappa shape index (κ2) is 7.58. The second-order valence-electron chi connectivity index (χ2n) is 7.11. The zero-order valence-corrected chi connectivity index (χ0v) is 15.9. The summed E-state index contributed by atoms with van der Waals surface area (Å²) in [6.07, 6.45) is 8.25. The van der Waals surface area contributed by atoms with Gasteiger partial charge in [-0.2, -0.15) is 4.40 Å². The first-order chi connectivity index (χ1) is 12.7. The van der Waals surface area contributed by atoms with Crippen LogP contribution in [0.1, 0.15) is 43.2 Å². The van der Waals surface area contributed by atoms with Gasteiger partial charge in [0.1, 0.15) is 0 Å². The standard InChI is InChI=1S/C22H24N2OS/c1-17-12-14-20(15-13-17)24-22(19-10-6-3-7-11-19)16-21(23-26(24)25)18-8-4-2-5-9-18/h3,6-7,10-16,18H,2,4-5,8-9H2,1H3. The maximum atomic E-state index is 13.1. The molecule has 1 saturated carbocycles. The zero-order valence-electron chi connectivity index (χ0n) is 15.1. The molecule has 0 spiro atoms. The highest BCUT2D eigenvalue weighted by molar-refractivity contribution is 7.86. The lowest BCUT2D eigenvalue weighted by atomic mass is 9.85. The lowest BCUT2D eigenvalue weighted by Gasteiger charge is -2.30. The third-order valence-electron chi connectivity index (χ3n) is 5.20. The minimum absolute atomic E-state index is 0.437. The van der Waals surface area contributed by atoms with Crippen LogP contribution >= 0.6 is 0 Å². The summed E-state index contributed by atoms with van der Waals surface area (Å²) in [5.41, 5.74) is 5.15. The maximum absolute atomic E-state index is 13.1. The molecule has 3 nitrogen and oxygen atoms in total. The summed E-state index contributed by atoms with van der Waals surface area (Å²) in [5, 5.41) is 0. The highest BCUT2D eigenvalue weighted by atomic mass is 32.2. The lowest BCUT2D eigenvalue weighted by Crippen LogP contribution is -2.30. The molecule has 2 aromatic rings. The van der Waals surface area contributed by atoms with Gasteiger partial charge in [-0.15, -0.1) is 0 Å². The number of aryl methyl sites for hydroxylation is 1. The van der Waals surface area contributed by atoms with Crippen molar-refractivity contribution in [2.45, 2.75) is 39.0 Å². The van der Waals surface area contributed by atoms with E-state index < -0.39 is 11.2 Å². The zero-order chi connectivity index (χ0) is 17.9. The largest absolute Gasteiger partial charge is 0.250 e. The van der Waals surface area contributed by atoms with Crippen LogP contribution in [0.5, 0.6) is 0 Å². The molecule has 4 rings (SSSR count). The van der Waals surface area contributed by atoms with Crippen LogP contribution < -0.4 is 4.31 Å². The van der Waals surface area contributed by atoms with E-state index in [1.807, 2.05) is 34.6 Å². The normalized spacial score (nSPS) is 21.3. The summed E-state index contributed by atoms with van der Waals surface area (Å²) in [4.78, 5) is 0. The Bertz CT molecular complexity index is 849. The minimum Gasteiger partial charge on any atom is -0.240 e. The number of hydrogen-bond acceptors (Lipinski definition) is 1. The number of benzene rings is 2. The predicted molar refractivity (Wildman–Crippen MR) is 110 cm³/mol. The summed E-state index contributed by atoms with van der Waals surface area (Å²) in [6, 6.07) is 18.4. The van der Waals surface area contributed by atoms with Crippen molar-refractivity contribution in [3.8, 4) is 0 Å². The van der Waals surface area contributed by atoms with Crippen molar-refractivity contribution < 1.29 is 4.21 Å². The third-order valence-corrected chi connectivity index (χ3v) is 6.29. The Kier molecular flexibility index (Phi) is 5.02. The van der Waals surface area contributed by atoms with Gasteiger partial charge in [0.25, 0.3) is 11.2 Å². The van der Waals surface area contributed by atoms with Gasteiger partial charge in [-0.1, -0.05) is 67.3 Å². The fourth-order valence-electron chi connectivity index (χ4n) is 3.75. The molecule has 0 radical (unpaired) electrons. The first kappa shape index (κ1) is 17.2. The summed E-state index contributed by atoms with van der Waals surface area (Å²) in [7, 11) is 0. The lowest BCUT2D eigenvalue weighted by molar-refractivity contribution is 0.441. The number of rotatable bonds is 3. The van der Waals surface area contributed by atoms with Gasteiger partial charge in [0, 0.05) is 5.92 Å². The van der Waals surface area contributed by atoms with E-state index in [1.165, 1.54) is 24.8 Å². The van der Waals surface area contributed by atoms with Crippen LogP contribution in [0.25, 0.3) is 5.70 Å². The molecule has 0 bridgehead atoms.